The van der Waals surface area contributed by atoms with E-state index in [0.717, 1.165) is 15.5 Å². The molecule has 0 aromatic heterocycles. The third kappa shape index (κ3) is 4.75. The molecule has 2 rings (SSSR count). The van der Waals surface area contributed by atoms with Gasteiger partial charge in [0.2, 0.25) is 0 Å². The second kappa shape index (κ2) is 7.30. The summed E-state index contributed by atoms with van der Waals surface area (Å²) in [5.74, 6) is 0.820. The van der Waals surface area contributed by atoms with Crippen molar-refractivity contribution in [1.82, 2.24) is 0 Å². The first-order valence-electron chi connectivity index (χ1n) is 5.21. The molecule has 0 unspecified atom stereocenters. The molecule has 0 fully saturated rings. The molecule has 90 valence electrons. The van der Waals surface area contributed by atoms with Crippen molar-refractivity contribution >= 4 is 25.3 Å². The van der Waals surface area contributed by atoms with Crippen LogP contribution in [0.5, 0.6) is 5.75 Å². The van der Waals surface area contributed by atoms with Gasteiger partial charge in [-0.05, 0) is 30.7 Å². The maximum atomic E-state index is 4.97. The molecule has 1 nitrogen and oxygen atoms in total. The highest BCUT2D eigenvalue weighted by molar-refractivity contribution is 7.80. The molecule has 3 heteroatoms. The molecule has 0 atom stereocenters. The minimum absolute atomic E-state index is 0.820. The fraction of sp³-hybridized carbons (Fsp3) is 0.143. The van der Waals surface area contributed by atoms with Gasteiger partial charge >= 0.3 is 0 Å². The molecular weight excluding hydrogens is 248 g/mol. The molecule has 0 radical (unpaired) electrons. The quantitative estimate of drug-likeness (QED) is 0.731. The van der Waals surface area contributed by atoms with E-state index < -0.39 is 0 Å². The van der Waals surface area contributed by atoms with Crippen LogP contribution in [0, 0.1) is 6.92 Å². The number of rotatable bonds is 1. The molecule has 2 aromatic rings. The summed E-state index contributed by atoms with van der Waals surface area (Å²) in [5.41, 5.74) is 1.23. The Labute approximate surface area is 114 Å². The molecule has 2 aromatic carbocycles. The summed E-state index contributed by atoms with van der Waals surface area (Å²) in [5, 5.41) is 0. The van der Waals surface area contributed by atoms with Gasteiger partial charge in [-0.15, -0.1) is 25.3 Å². The maximum Gasteiger partial charge on any atom is 0.132 e. The molecule has 0 saturated heterocycles. The molecule has 0 aliphatic rings. The molecule has 0 amide bonds. The monoisotopic (exact) mass is 264 g/mol. The van der Waals surface area contributed by atoms with Crippen LogP contribution in [0.1, 0.15) is 5.56 Å². The van der Waals surface area contributed by atoms with Crippen molar-refractivity contribution in [3.05, 3.63) is 54.1 Å². The summed E-state index contributed by atoms with van der Waals surface area (Å²) in [6.07, 6.45) is 0. The van der Waals surface area contributed by atoms with E-state index in [-0.39, 0.29) is 0 Å². The van der Waals surface area contributed by atoms with Crippen molar-refractivity contribution in [3.63, 3.8) is 0 Å². The van der Waals surface area contributed by atoms with Gasteiger partial charge in [-0.2, -0.15) is 0 Å². The first kappa shape index (κ1) is 14.0. The molecule has 0 spiro atoms. The standard InChI is InChI=1S/C7H8OS.C7H8S/c1-8-6-4-2-3-5-7(6)9;1-6-4-2-3-5-7(6)8/h2-5,9H,1H3;2-5,8H,1H3. The molecule has 0 aliphatic carbocycles. The van der Waals surface area contributed by atoms with E-state index in [4.69, 9.17) is 4.74 Å². The smallest absolute Gasteiger partial charge is 0.132 e. The predicted octanol–water partition coefficient (Wildman–Crippen LogP) is 4.27. The van der Waals surface area contributed by atoms with Crippen LogP contribution >= 0.6 is 25.3 Å². The van der Waals surface area contributed by atoms with Crippen molar-refractivity contribution in [1.29, 1.82) is 0 Å². The molecule has 0 heterocycles. The van der Waals surface area contributed by atoms with Crippen molar-refractivity contribution in [3.8, 4) is 5.75 Å². The number of methoxy groups -OCH3 is 1. The lowest BCUT2D eigenvalue weighted by Gasteiger charge is -1.99. The Kier molecular flexibility index (Phi) is 6.01. The molecular formula is C14H16OS2. The van der Waals surface area contributed by atoms with Crippen LogP contribution in [-0.4, -0.2) is 7.11 Å². The summed E-state index contributed by atoms with van der Waals surface area (Å²) in [6.45, 7) is 2.04. The lowest BCUT2D eigenvalue weighted by Crippen LogP contribution is -1.81. The maximum absolute atomic E-state index is 4.97. The molecule has 0 aliphatic heterocycles. The normalized spacial score (nSPS) is 9.18. The average Bonchev–Trinajstić information content (AvgIpc) is 2.34. The van der Waals surface area contributed by atoms with Crippen molar-refractivity contribution in [2.24, 2.45) is 0 Å². The third-order valence-corrected chi connectivity index (χ3v) is 3.07. The van der Waals surface area contributed by atoms with E-state index in [0.29, 0.717) is 0 Å². The van der Waals surface area contributed by atoms with Crippen LogP contribution in [-0.2, 0) is 0 Å². The minimum Gasteiger partial charge on any atom is -0.496 e. The zero-order valence-electron chi connectivity index (χ0n) is 9.92. The summed E-state index contributed by atoms with van der Waals surface area (Å²) >= 11 is 8.35. The summed E-state index contributed by atoms with van der Waals surface area (Å²) in [4.78, 5) is 1.94. The largest absolute Gasteiger partial charge is 0.496 e. The van der Waals surface area contributed by atoms with E-state index in [9.17, 15) is 0 Å². The molecule has 17 heavy (non-hydrogen) atoms. The zero-order chi connectivity index (χ0) is 12.7. The van der Waals surface area contributed by atoms with E-state index in [1.807, 2.05) is 55.5 Å². The average molecular weight is 264 g/mol. The van der Waals surface area contributed by atoms with E-state index in [1.54, 1.807) is 7.11 Å². The van der Waals surface area contributed by atoms with Gasteiger partial charge in [0.1, 0.15) is 5.75 Å². The van der Waals surface area contributed by atoms with Crippen LogP contribution in [0.25, 0.3) is 0 Å². The van der Waals surface area contributed by atoms with Crippen molar-refractivity contribution in [2.45, 2.75) is 16.7 Å². The highest BCUT2D eigenvalue weighted by Crippen LogP contribution is 2.19. The van der Waals surface area contributed by atoms with Gasteiger partial charge in [0.05, 0.1) is 7.11 Å². The van der Waals surface area contributed by atoms with Gasteiger partial charge in [-0.25, -0.2) is 0 Å². The number of benzene rings is 2. The zero-order valence-corrected chi connectivity index (χ0v) is 11.7. The lowest BCUT2D eigenvalue weighted by molar-refractivity contribution is 0.405. The predicted molar refractivity (Wildman–Crippen MR) is 78.7 cm³/mol. The fourth-order valence-corrected chi connectivity index (χ4v) is 1.61. The Balaban J connectivity index is 0.000000171. The number of aryl methyl sites for hydroxylation is 1. The Morgan fingerprint density at radius 2 is 1.35 bits per heavy atom. The molecule has 0 saturated carbocycles. The summed E-state index contributed by atoms with van der Waals surface area (Å²) in [6, 6.07) is 15.6. The number of ether oxygens (including phenoxy) is 1. The second-order valence-electron chi connectivity index (χ2n) is 3.46. The number of thiol groups is 2. The topological polar surface area (TPSA) is 9.23 Å². The first-order valence-corrected chi connectivity index (χ1v) is 6.11. The van der Waals surface area contributed by atoms with Gasteiger partial charge in [-0.3, -0.25) is 0 Å². The first-order chi connectivity index (χ1) is 8.15. The Morgan fingerprint density at radius 1 is 0.824 bits per heavy atom. The second-order valence-corrected chi connectivity index (χ2v) is 4.42. The van der Waals surface area contributed by atoms with E-state index >= 15 is 0 Å². The minimum atomic E-state index is 0.820. The molecule has 0 bridgehead atoms. The van der Waals surface area contributed by atoms with E-state index in [2.05, 4.69) is 25.3 Å². The summed E-state index contributed by atoms with van der Waals surface area (Å²) < 4.78 is 4.97. The fourth-order valence-electron chi connectivity index (χ4n) is 1.19. The number of hydrogen-bond donors (Lipinski definition) is 2. The molecule has 0 N–H and O–H groups in total. The Morgan fingerprint density at radius 3 is 1.71 bits per heavy atom. The highest BCUT2D eigenvalue weighted by Gasteiger charge is 1.92. The van der Waals surface area contributed by atoms with Crippen molar-refractivity contribution in [2.75, 3.05) is 7.11 Å². The third-order valence-electron chi connectivity index (χ3n) is 2.20. The highest BCUT2D eigenvalue weighted by atomic mass is 32.1. The summed E-state index contributed by atoms with van der Waals surface area (Å²) in [7, 11) is 1.63. The van der Waals surface area contributed by atoms with Gasteiger partial charge in [-0.1, -0.05) is 30.3 Å². The SMILES string of the molecule is COc1ccccc1S.Cc1ccccc1S. The number of para-hydroxylation sites is 1. The van der Waals surface area contributed by atoms with Gasteiger partial charge < -0.3 is 4.74 Å². The van der Waals surface area contributed by atoms with Crippen molar-refractivity contribution < 1.29 is 4.74 Å². The van der Waals surface area contributed by atoms with Crippen LogP contribution in [0.15, 0.2) is 58.3 Å². The van der Waals surface area contributed by atoms with Crippen LogP contribution in [0.4, 0.5) is 0 Å². The lowest BCUT2D eigenvalue weighted by atomic mass is 10.2. The number of hydrogen-bond acceptors (Lipinski definition) is 3. The van der Waals surface area contributed by atoms with Gasteiger partial charge in [0.25, 0.3) is 0 Å². The Bertz CT molecular complexity index is 448. The van der Waals surface area contributed by atoms with E-state index in [1.165, 1.54) is 5.56 Å². The van der Waals surface area contributed by atoms with Gasteiger partial charge in [0, 0.05) is 9.79 Å². The Hall–Kier alpha value is -1.06. The van der Waals surface area contributed by atoms with Crippen LogP contribution in [0.2, 0.25) is 0 Å². The van der Waals surface area contributed by atoms with Crippen LogP contribution in [0.3, 0.4) is 0 Å². The van der Waals surface area contributed by atoms with Crippen LogP contribution < -0.4 is 4.74 Å². The van der Waals surface area contributed by atoms with Gasteiger partial charge in [0.15, 0.2) is 0 Å².